The lowest BCUT2D eigenvalue weighted by atomic mass is 10.1. The van der Waals surface area contributed by atoms with E-state index < -0.39 is 24.1 Å². The van der Waals surface area contributed by atoms with Gasteiger partial charge in [-0.05, 0) is 33.1 Å². The number of piperidine rings is 1. The summed E-state index contributed by atoms with van der Waals surface area (Å²) in [6.07, 6.45) is 3.11. The molecular formula is C13H23N3O4. The monoisotopic (exact) mass is 285 g/mol. The van der Waals surface area contributed by atoms with Crippen LogP contribution in [-0.4, -0.2) is 65.0 Å². The van der Waals surface area contributed by atoms with Crippen LogP contribution < -0.4 is 5.32 Å². The van der Waals surface area contributed by atoms with Gasteiger partial charge in [0.2, 0.25) is 5.91 Å². The van der Waals surface area contributed by atoms with Crippen LogP contribution in [0, 0.1) is 0 Å². The van der Waals surface area contributed by atoms with Gasteiger partial charge in [-0.1, -0.05) is 0 Å². The largest absolute Gasteiger partial charge is 0.480 e. The number of likely N-dealkylation sites (tertiary alicyclic amines) is 1. The van der Waals surface area contributed by atoms with Gasteiger partial charge in [0.05, 0.1) is 0 Å². The van der Waals surface area contributed by atoms with Crippen LogP contribution in [0.4, 0.5) is 4.79 Å². The van der Waals surface area contributed by atoms with E-state index in [-0.39, 0.29) is 5.91 Å². The van der Waals surface area contributed by atoms with E-state index >= 15 is 0 Å². The quantitative estimate of drug-likeness (QED) is 0.787. The first kappa shape index (κ1) is 16.3. The predicted octanol–water partition coefficient (Wildman–Crippen LogP) is 0.502. The minimum atomic E-state index is -1.09. The molecule has 1 fully saturated rings. The molecule has 3 amide bonds. The van der Waals surface area contributed by atoms with E-state index in [0.29, 0.717) is 0 Å². The number of nitrogens with one attached hydrogen (secondary N) is 1. The molecular weight excluding hydrogens is 262 g/mol. The summed E-state index contributed by atoms with van der Waals surface area (Å²) in [5, 5.41) is 11.4. The minimum Gasteiger partial charge on any atom is -0.480 e. The van der Waals surface area contributed by atoms with E-state index in [2.05, 4.69) is 5.32 Å². The Labute approximate surface area is 118 Å². The van der Waals surface area contributed by atoms with E-state index in [4.69, 9.17) is 5.11 Å². The van der Waals surface area contributed by atoms with Crippen molar-refractivity contribution in [2.75, 3.05) is 20.1 Å². The fourth-order valence-corrected chi connectivity index (χ4v) is 2.08. The lowest BCUT2D eigenvalue weighted by Gasteiger charge is -2.30. The van der Waals surface area contributed by atoms with E-state index in [9.17, 15) is 14.4 Å². The zero-order valence-electron chi connectivity index (χ0n) is 12.3. The van der Waals surface area contributed by atoms with Crippen molar-refractivity contribution in [2.24, 2.45) is 0 Å². The number of aliphatic carboxylic acids is 1. The van der Waals surface area contributed by atoms with Gasteiger partial charge in [-0.15, -0.1) is 0 Å². The summed E-state index contributed by atoms with van der Waals surface area (Å²) in [6.45, 7) is 4.48. The lowest BCUT2D eigenvalue weighted by Crippen LogP contribution is -2.53. The number of carbonyl (C=O) groups is 3. The number of hydrogen-bond donors (Lipinski definition) is 2. The summed E-state index contributed by atoms with van der Waals surface area (Å²) in [5.41, 5.74) is 0. The van der Waals surface area contributed by atoms with Crippen LogP contribution in [0.3, 0.4) is 0 Å². The molecule has 0 spiro atoms. The molecule has 2 unspecified atom stereocenters. The molecule has 2 N–H and O–H groups in total. The number of carboxylic acids is 1. The Hall–Kier alpha value is -1.79. The number of carboxylic acid groups (broad SMARTS) is 1. The number of hydrogen-bond acceptors (Lipinski definition) is 3. The van der Waals surface area contributed by atoms with Crippen molar-refractivity contribution in [3.05, 3.63) is 0 Å². The van der Waals surface area contributed by atoms with Crippen molar-refractivity contribution < 1.29 is 19.5 Å². The summed E-state index contributed by atoms with van der Waals surface area (Å²) in [5.74, 6) is -1.20. The molecule has 7 nitrogen and oxygen atoms in total. The fraction of sp³-hybridized carbons (Fsp3) is 0.769. The first-order valence-electron chi connectivity index (χ1n) is 6.89. The van der Waals surface area contributed by atoms with Gasteiger partial charge in [-0.3, -0.25) is 4.79 Å². The Morgan fingerprint density at radius 3 is 2.20 bits per heavy atom. The Kier molecular flexibility index (Phi) is 5.79. The number of urea groups is 1. The van der Waals surface area contributed by atoms with Gasteiger partial charge in [-0.25, -0.2) is 9.59 Å². The lowest BCUT2D eigenvalue weighted by molar-refractivity contribution is -0.141. The van der Waals surface area contributed by atoms with Crippen LogP contribution >= 0.6 is 0 Å². The molecule has 0 radical (unpaired) electrons. The van der Waals surface area contributed by atoms with Crippen molar-refractivity contribution in [2.45, 2.75) is 45.2 Å². The molecule has 0 saturated carbocycles. The highest BCUT2D eigenvalue weighted by atomic mass is 16.4. The molecule has 0 aromatic rings. The molecule has 114 valence electrons. The summed E-state index contributed by atoms with van der Waals surface area (Å²) < 4.78 is 0. The second-order valence-electron chi connectivity index (χ2n) is 5.18. The molecule has 1 aliphatic heterocycles. The van der Waals surface area contributed by atoms with Gasteiger partial charge < -0.3 is 20.2 Å². The van der Waals surface area contributed by atoms with E-state index in [1.807, 2.05) is 0 Å². The Morgan fingerprint density at radius 2 is 1.70 bits per heavy atom. The van der Waals surface area contributed by atoms with E-state index in [1.54, 1.807) is 11.8 Å². The SMILES string of the molecule is CC(NC(=O)N(C)C(C)C(=O)O)C(=O)N1CCCCC1. The highest BCUT2D eigenvalue weighted by Crippen LogP contribution is 2.10. The number of carbonyl (C=O) groups excluding carboxylic acids is 2. The molecule has 1 saturated heterocycles. The van der Waals surface area contributed by atoms with Crippen LogP contribution in [-0.2, 0) is 9.59 Å². The molecule has 0 aromatic carbocycles. The summed E-state index contributed by atoms with van der Waals surface area (Å²) in [4.78, 5) is 37.6. The van der Waals surface area contributed by atoms with Crippen LogP contribution in [0.2, 0.25) is 0 Å². The summed E-state index contributed by atoms with van der Waals surface area (Å²) in [7, 11) is 1.40. The number of rotatable bonds is 4. The van der Waals surface area contributed by atoms with Crippen molar-refractivity contribution in [3.8, 4) is 0 Å². The molecule has 20 heavy (non-hydrogen) atoms. The van der Waals surface area contributed by atoms with Crippen LogP contribution in [0.25, 0.3) is 0 Å². The number of likely N-dealkylation sites (N-methyl/N-ethyl adjacent to an activating group) is 1. The van der Waals surface area contributed by atoms with Gasteiger partial charge in [0.15, 0.2) is 0 Å². The normalized spacial score (nSPS) is 18.1. The van der Waals surface area contributed by atoms with Gasteiger partial charge in [-0.2, -0.15) is 0 Å². The highest BCUT2D eigenvalue weighted by molar-refractivity contribution is 5.88. The Balaban J connectivity index is 2.51. The second kappa shape index (κ2) is 7.12. The van der Waals surface area contributed by atoms with E-state index in [0.717, 1.165) is 37.3 Å². The standard InChI is InChI=1S/C13H23N3O4/c1-9(11(17)16-7-5-4-6-8-16)14-13(20)15(3)10(2)12(18)19/h9-10H,4-8H2,1-3H3,(H,14,20)(H,18,19). The number of amides is 3. The highest BCUT2D eigenvalue weighted by Gasteiger charge is 2.27. The first-order valence-corrected chi connectivity index (χ1v) is 6.89. The topological polar surface area (TPSA) is 90.0 Å². The molecule has 7 heteroatoms. The summed E-state index contributed by atoms with van der Waals surface area (Å²) >= 11 is 0. The predicted molar refractivity (Wildman–Crippen MR) is 73.3 cm³/mol. The maximum Gasteiger partial charge on any atom is 0.326 e. The zero-order chi connectivity index (χ0) is 15.3. The van der Waals surface area contributed by atoms with Crippen molar-refractivity contribution >= 4 is 17.9 Å². The number of nitrogens with zero attached hydrogens (tertiary/aromatic N) is 2. The van der Waals surface area contributed by atoms with E-state index in [1.165, 1.54) is 14.0 Å². The molecule has 1 aliphatic rings. The molecule has 1 heterocycles. The summed E-state index contributed by atoms with van der Waals surface area (Å²) in [6, 6.07) is -2.14. The zero-order valence-corrected chi connectivity index (χ0v) is 12.3. The van der Waals surface area contributed by atoms with Gasteiger partial charge in [0.1, 0.15) is 12.1 Å². The third-order valence-corrected chi connectivity index (χ3v) is 3.64. The maximum atomic E-state index is 12.1. The molecule has 0 aromatic heterocycles. The molecule has 1 rings (SSSR count). The van der Waals surface area contributed by atoms with Crippen LogP contribution in [0.15, 0.2) is 0 Å². The maximum absolute atomic E-state index is 12.1. The van der Waals surface area contributed by atoms with Crippen molar-refractivity contribution in [3.63, 3.8) is 0 Å². The van der Waals surface area contributed by atoms with Gasteiger partial charge >= 0.3 is 12.0 Å². The van der Waals surface area contributed by atoms with Gasteiger partial charge in [0, 0.05) is 20.1 Å². The van der Waals surface area contributed by atoms with Crippen molar-refractivity contribution in [1.82, 2.24) is 15.1 Å². The van der Waals surface area contributed by atoms with Crippen molar-refractivity contribution in [1.29, 1.82) is 0 Å². The fourth-order valence-electron chi connectivity index (χ4n) is 2.08. The third-order valence-electron chi connectivity index (χ3n) is 3.64. The second-order valence-corrected chi connectivity index (χ2v) is 5.18. The third kappa shape index (κ3) is 4.11. The average Bonchev–Trinajstić information content (AvgIpc) is 2.45. The van der Waals surface area contributed by atoms with Gasteiger partial charge in [0.25, 0.3) is 0 Å². The Morgan fingerprint density at radius 1 is 1.15 bits per heavy atom. The van der Waals surface area contributed by atoms with Crippen LogP contribution in [0.5, 0.6) is 0 Å². The minimum absolute atomic E-state index is 0.116. The Bertz CT molecular complexity index is 380. The van der Waals surface area contributed by atoms with Crippen LogP contribution in [0.1, 0.15) is 33.1 Å². The molecule has 0 aliphatic carbocycles. The first-order chi connectivity index (χ1) is 9.34. The molecule has 2 atom stereocenters. The molecule has 0 bridgehead atoms. The smallest absolute Gasteiger partial charge is 0.326 e. The average molecular weight is 285 g/mol.